The largest absolute Gasteiger partial charge is 0.325 e. The van der Waals surface area contributed by atoms with E-state index in [1.807, 2.05) is 47.6 Å². The van der Waals surface area contributed by atoms with Gasteiger partial charge in [0.25, 0.3) is 0 Å². The Labute approximate surface area is 133 Å². The van der Waals surface area contributed by atoms with E-state index in [0.717, 1.165) is 35.1 Å². The summed E-state index contributed by atoms with van der Waals surface area (Å²) in [4.78, 5) is 12.3. The van der Waals surface area contributed by atoms with Crippen molar-refractivity contribution in [2.24, 2.45) is 7.05 Å². The maximum atomic E-state index is 12.3. The smallest absolute Gasteiger partial charge is 0.225 e. The molecule has 1 aliphatic heterocycles. The fraction of sp³-hybridized carbons (Fsp3) is 0.400. The predicted molar refractivity (Wildman–Crippen MR) is 88.8 cm³/mol. The Kier molecular flexibility index (Phi) is 4.74. The number of hydrogen-bond donors (Lipinski definition) is 2. The van der Waals surface area contributed by atoms with Crippen LogP contribution in [0.3, 0.4) is 0 Å². The molecule has 2 N–H and O–H groups in total. The Morgan fingerprint density at radius 3 is 3.09 bits per heavy atom. The van der Waals surface area contributed by atoms with Gasteiger partial charge in [-0.2, -0.15) is 11.8 Å². The Morgan fingerprint density at radius 1 is 1.50 bits per heavy atom. The van der Waals surface area contributed by atoms with Crippen LogP contribution in [0.4, 0.5) is 5.69 Å². The molecule has 0 spiro atoms. The number of para-hydroxylation sites is 1. The molecule has 1 atom stereocenters. The Bertz CT molecular complexity index is 651. The highest BCUT2D eigenvalue weighted by Crippen LogP contribution is 2.25. The number of carbonyl (C=O) groups is 1. The maximum Gasteiger partial charge on any atom is 0.225 e. The number of benzene rings is 1. The topological polar surface area (TPSA) is 71.8 Å². The molecule has 2 aromatic rings. The predicted octanol–water partition coefficient (Wildman–Crippen LogP) is 1.52. The Balaban J connectivity index is 1.72. The molecule has 6 nitrogen and oxygen atoms in total. The van der Waals surface area contributed by atoms with Crippen LogP contribution in [-0.4, -0.2) is 44.8 Å². The van der Waals surface area contributed by atoms with Gasteiger partial charge in [0.2, 0.25) is 5.91 Å². The SMILES string of the molecule is Cn1cnnc1-c1ccccc1NC(=O)C[C@@H]1CSCCN1. The lowest BCUT2D eigenvalue weighted by Gasteiger charge is -2.22. The first-order valence-electron chi connectivity index (χ1n) is 7.28. The summed E-state index contributed by atoms with van der Waals surface area (Å²) >= 11 is 1.89. The summed E-state index contributed by atoms with van der Waals surface area (Å²) in [6.07, 6.45) is 2.14. The summed E-state index contributed by atoms with van der Waals surface area (Å²) in [6, 6.07) is 7.92. The highest BCUT2D eigenvalue weighted by molar-refractivity contribution is 7.99. The van der Waals surface area contributed by atoms with E-state index >= 15 is 0 Å². The lowest BCUT2D eigenvalue weighted by molar-refractivity contribution is -0.116. The monoisotopic (exact) mass is 317 g/mol. The van der Waals surface area contributed by atoms with Gasteiger partial charge in [-0.1, -0.05) is 12.1 Å². The van der Waals surface area contributed by atoms with Crippen LogP contribution in [0, 0.1) is 0 Å². The molecule has 7 heteroatoms. The minimum absolute atomic E-state index is 0.0228. The minimum Gasteiger partial charge on any atom is -0.325 e. The van der Waals surface area contributed by atoms with Gasteiger partial charge in [-0.25, -0.2) is 0 Å². The highest BCUT2D eigenvalue weighted by atomic mass is 32.2. The Hall–Kier alpha value is -1.86. The van der Waals surface area contributed by atoms with E-state index < -0.39 is 0 Å². The first-order chi connectivity index (χ1) is 10.7. The molecular weight excluding hydrogens is 298 g/mol. The third-order valence-corrected chi connectivity index (χ3v) is 4.71. The van der Waals surface area contributed by atoms with Crippen LogP contribution in [-0.2, 0) is 11.8 Å². The van der Waals surface area contributed by atoms with E-state index in [1.165, 1.54) is 0 Å². The van der Waals surface area contributed by atoms with Crippen molar-refractivity contribution in [2.75, 3.05) is 23.4 Å². The molecule has 116 valence electrons. The van der Waals surface area contributed by atoms with Gasteiger partial charge in [0.15, 0.2) is 5.82 Å². The minimum atomic E-state index is 0.0228. The number of hydrogen-bond acceptors (Lipinski definition) is 5. The molecule has 2 heterocycles. The van der Waals surface area contributed by atoms with E-state index in [1.54, 1.807) is 6.33 Å². The van der Waals surface area contributed by atoms with Crippen LogP contribution < -0.4 is 10.6 Å². The van der Waals surface area contributed by atoms with Gasteiger partial charge >= 0.3 is 0 Å². The third kappa shape index (κ3) is 3.48. The molecule has 1 amide bonds. The van der Waals surface area contributed by atoms with Crippen molar-refractivity contribution in [1.29, 1.82) is 0 Å². The number of aryl methyl sites for hydroxylation is 1. The van der Waals surface area contributed by atoms with Gasteiger partial charge in [-0.05, 0) is 12.1 Å². The van der Waals surface area contributed by atoms with Crippen LogP contribution in [0.15, 0.2) is 30.6 Å². The van der Waals surface area contributed by atoms with Crippen LogP contribution in [0.5, 0.6) is 0 Å². The summed E-state index contributed by atoms with van der Waals surface area (Å²) < 4.78 is 1.84. The van der Waals surface area contributed by atoms with Gasteiger partial charge in [0.1, 0.15) is 6.33 Å². The summed E-state index contributed by atoms with van der Waals surface area (Å²) in [7, 11) is 1.89. The lowest BCUT2D eigenvalue weighted by Crippen LogP contribution is -2.39. The van der Waals surface area contributed by atoms with E-state index in [0.29, 0.717) is 6.42 Å². The second-order valence-electron chi connectivity index (χ2n) is 5.29. The number of rotatable bonds is 4. The fourth-order valence-electron chi connectivity index (χ4n) is 2.49. The first kappa shape index (κ1) is 15.1. The van der Waals surface area contributed by atoms with Gasteiger partial charge in [-0.3, -0.25) is 4.79 Å². The molecule has 1 aliphatic rings. The van der Waals surface area contributed by atoms with Crippen molar-refractivity contribution in [3.8, 4) is 11.4 Å². The quantitative estimate of drug-likeness (QED) is 0.894. The number of carbonyl (C=O) groups excluding carboxylic acids is 1. The molecule has 22 heavy (non-hydrogen) atoms. The van der Waals surface area contributed by atoms with Crippen LogP contribution in [0.2, 0.25) is 0 Å². The number of aromatic nitrogens is 3. The normalized spacial score (nSPS) is 18.1. The van der Waals surface area contributed by atoms with E-state index in [4.69, 9.17) is 0 Å². The first-order valence-corrected chi connectivity index (χ1v) is 8.44. The van der Waals surface area contributed by atoms with Gasteiger partial charge in [0, 0.05) is 43.1 Å². The molecular formula is C15H19N5OS. The Morgan fingerprint density at radius 2 is 2.36 bits per heavy atom. The maximum absolute atomic E-state index is 12.3. The number of thioether (sulfide) groups is 1. The molecule has 0 unspecified atom stereocenters. The lowest BCUT2D eigenvalue weighted by atomic mass is 10.1. The molecule has 1 saturated heterocycles. The summed E-state index contributed by atoms with van der Waals surface area (Å²) in [5, 5.41) is 14.4. The summed E-state index contributed by atoms with van der Waals surface area (Å²) in [6.45, 7) is 0.970. The standard InChI is InChI=1S/C15H19N5OS/c1-20-10-17-19-15(20)12-4-2-3-5-13(12)18-14(21)8-11-9-22-7-6-16-11/h2-5,10-11,16H,6-9H2,1H3,(H,18,21)/t11-/m1/s1. The zero-order chi connectivity index (χ0) is 15.4. The van der Waals surface area contributed by atoms with Crippen LogP contribution in [0.1, 0.15) is 6.42 Å². The van der Waals surface area contributed by atoms with Crippen molar-refractivity contribution >= 4 is 23.4 Å². The third-order valence-electron chi connectivity index (χ3n) is 3.58. The van der Waals surface area contributed by atoms with Crippen molar-refractivity contribution in [2.45, 2.75) is 12.5 Å². The van der Waals surface area contributed by atoms with Gasteiger partial charge in [0.05, 0.1) is 5.69 Å². The molecule has 3 rings (SSSR count). The van der Waals surface area contributed by atoms with Crippen molar-refractivity contribution in [3.63, 3.8) is 0 Å². The molecule has 1 aromatic heterocycles. The summed E-state index contributed by atoms with van der Waals surface area (Å²) in [5.74, 6) is 2.86. The molecule has 0 radical (unpaired) electrons. The molecule has 0 saturated carbocycles. The average Bonchev–Trinajstić information content (AvgIpc) is 2.95. The van der Waals surface area contributed by atoms with Gasteiger partial charge < -0.3 is 15.2 Å². The van der Waals surface area contributed by atoms with Crippen molar-refractivity contribution < 1.29 is 4.79 Å². The number of anilines is 1. The van der Waals surface area contributed by atoms with Crippen LogP contribution in [0.25, 0.3) is 11.4 Å². The van der Waals surface area contributed by atoms with Crippen molar-refractivity contribution in [1.82, 2.24) is 20.1 Å². The van der Waals surface area contributed by atoms with Crippen LogP contribution >= 0.6 is 11.8 Å². The second-order valence-corrected chi connectivity index (χ2v) is 6.44. The fourth-order valence-corrected chi connectivity index (χ4v) is 3.44. The number of amides is 1. The van der Waals surface area contributed by atoms with Gasteiger partial charge in [-0.15, -0.1) is 10.2 Å². The average molecular weight is 317 g/mol. The zero-order valence-corrected chi connectivity index (χ0v) is 13.3. The second kappa shape index (κ2) is 6.93. The zero-order valence-electron chi connectivity index (χ0n) is 12.5. The molecule has 0 bridgehead atoms. The van der Waals surface area contributed by atoms with E-state index in [-0.39, 0.29) is 11.9 Å². The highest BCUT2D eigenvalue weighted by Gasteiger charge is 2.18. The molecule has 1 aromatic carbocycles. The number of nitrogens with zero attached hydrogens (tertiary/aromatic N) is 3. The molecule has 0 aliphatic carbocycles. The summed E-state index contributed by atoms with van der Waals surface area (Å²) in [5.41, 5.74) is 1.65. The van der Waals surface area contributed by atoms with Crippen molar-refractivity contribution in [3.05, 3.63) is 30.6 Å². The van der Waals surface area contributed by atoms with E-state index in [9.17, 15) is 4.79 Å². The molecule has 1 fully saturated rings. The number of nitrogens with one attached hydrogen (secondary N) is 2. The van der Waals surface area contributed by atoms with E-state index in [2.05, 4.69) is 20.8 Å².